The fourth-order valence-electron chi connectivity index (χ4n) is 1.36. The average molecular weight is 268 g/mol. The zero-order valence-corrected chi connectivity index (χ0v) is 10.3. The second-order valence-electron chi connectivity index (χ2n) is 3.30. The summed E-state index contributed by atoms with van der Waals surface area (Å²) in [6, 6.07) is 3.34. The number of aromatic nitrogens is 2. The fourth-order valence-corrected chi connectivity index (χ4v) is 1.61. The van der Waals surface area contributed by atoms with Crippen molar-refractivity contribution in [2.45, 2.75) is 6.92 Å². The molecule has 0 aromatic carbocycles. The number of nitrogens with two attached hydrogens (primary N) is 1. The third-order valence-electron chi connectivity index (χ3n) is 2.11. The van der Waals surface area contributed by atoms with Crippen LogP contribution >= 0.6 is 11.6 Å². The Hall–Kier alpha value is -2.08. The number of esters is 1. The van der Waals surface area contributed by atoms with Crippen LogP contribution in [-0.2, 0) is 4.74 Å². The second-order valence-corrected chi connectivity index (χ2v) is 3.65. The van der Waals surface area contributed by atoms with Gasteiger partial charge in [0.05, 0.1) is 12.9 Å². The van der Waals surface area contributed by atoms with Crippen LogP contribution < -0.4 is 5.73 Å². The van der Waals surface area contributed by atoms with Crippen LogP contribution in [0.5, 0.6) is 0 Å². The number of furan rings is 1. The van der Waals surface area contributed by atoms with E-state index < -0.39 is 5.97 Å². The maximum absolute atomic E-state index is 11.6. The number of anilines is 1. The van der Waals surface area contributed by atoms with Crippen molar-refractivity contribution >= 4 is 23.4 Å². The normalized spacial score (nSPS) is 10.3. The number of ether oxygens (including phenoxy) is 1. The summed E-state index contributed by atoms with van der Waals surface area (Å²) in [5.41, 5.74) is 5.65. The van der Waals surface area contributed by atoms with E-state index in [4.69, 9.17) is 26.5 Å². The number of nitrogen functional groups attached to an aromatic ring is 1. The van der Waals surface area contributed by atoms with Crippen molar-refractivity contribution in [3.63, 3.8) is 0 Å². The third-order valence-corrected chi connectivity index (χ3v) is 2.39. The van der Waals surface area contributed by atoms with Crippen molar-refractivity contribution in [1.82, 2.24) is 9.97 Å². The molecule has 0 fully saturated rings. The van der Waals surface area contributed by atoms with Gasteiger partial charge in [-0.2, -0.15) is 0 Å². The monoisotopic (exact) mass is 267 g/mol. The molecule has 0 bridgehead atoms. The molecule has 6 nitrogen and oxygen atoms in total. The summed E-state index contributed by atoms with van der Waals surface area (Å²) >= 11 is 5.91. The first kappa shape index (κ1) is 12.4. The molecule has 0 aliphatic carbocycles. The highest BCUT2D eigenvalue weighted by Crippen LogP contribution is 2.24. The number of nitrogens with zero attached hydrogens (tertiary/aromatic N) is 2. The van der Waals surface area contributed by atoms with Gasteiger partial charge in [-0.25, -0.2) is 14.8 Å². The largest absolute Gasteiger partial charge is 0.462 e. The van der Waals surface area contributed by atoms with Crippen molar-refractivity contribution < 1.29 is 13.9 Å². The molecule has 0 aliphatic heterocycles. The molecule has 2 aromatic rings. The van der Waals surface area contributed by atoms with Crippen LogP contribution in [0.3, 0.4) is 0 Å². The third kappa shape index (κ3) is 2.28. The van der Waals surface area contributed by atoms with Gasteiger partial charge in [-0.15, -0.1) is 0 Å². The Kier molecular flexibility index (Phi) is 3.47. The first-order valence-corrected chi connectivity index (χ1v) is 5.55. The van der Waals surface area contributed by atoms with Crippen molar-refractivity contribution in [2.75, 3.05) is 12.3 Å². The lowest BCUT2D eigenvalue weighted by Gasteiger charge is -2.07. The van der Waals surface area contributed by atoms with E-state index in [0.29, 0.717) is 5.76 Å². The maximum Gasteiger partial charge on any atom is 0.345 e. The van der Waals surface area contributed by atoms with Crippen LogP contribution in [-0.4, -0.2) is 22.5 Å². The minimum atomic E-state index is -0.647. The summed E-state index contributed by atoms with van der Waals surface area (Å²) in [7, 11) is 0. The lowest BCUT2D eigenvalue weighted by Crippen LogP contribution is -2.12. The highest BCUT2D eigenvalue weighted by atomic mass is 35.5. The van der Waals surface area contributed by atoms with Crippen LogP contribution in [0.15, 0.2) is 22.8 Å². The summed E-state index contributed by atoms with van der Waals surface area (Å²) in [6.45, 7) is 1.90. The van der Waals surface area contributed by atoms with Gasteiger partial charge in [0, 0.05) is 0 Å². The van der Waals surface area contributed by atoms with Crippen LogP contribution in [0.2, 0.25) is 5.15 Å². The molecule has 0 atom stereocenters. The van der Waals surface area contributed by atoms with Crippen molar-refractivity contribution in [2.24, 2.45) is 0 Å². The van der Waals surface area contributed by atoms with Gasteiger partial charge in [-0.05, 0) is 19.1 Å². The van der Waals surface area contributed by atoms with Crippen molar-refractivity contribution in [3.8, 4) is 11.6 Å². The molecule has 0 spiro atoms. The summed E-state index contributed by atoms with van der Waals surface area (Å²) in [5, 5.41) is -0.0626. The zero-order valence-electron chi connectivity index (χ0n) is 9.51. The Balaban J connectivity index is 2.44. The molecule has 2 heterocycles. The number of hydrogen-bond acceptors (Lipinski definition) is 6. The van der Waals surface area contributed by atoms with Crippen molar-refractivity contribution in [1.29, 1.82) is 0 Å². The van der Waals surface area contributed by atoms with Crippen LogP contribution in [0.1, 0.15) is 17.3 Å². The molecule has 18 heavy (non-hydrogen) atoms. The van der Waals surface area contributed by atoms with Gasteiger partial charge in [0.15, 0.2) is 11.6 Å². The number of carbonyl (C=O) groups is 1. The fraction of sp³-hybridized carbons (Fsp3) is 0.182. The molecular weight excluding hydrogens is 258 g/mol. The Morgan fingerprint density at radius 1 is 1.56 bits per heavy atom. The molecule has 0 saturated heterocycles. The van der Waals surface area contributed by atoms with E-state index in [9.17, 15) is 4.79 Å². The SMILES string of the molecule is CCOC(=O)c1c(N)nc(-c2ccco2)nc1Cl. The van der Waals surface area contributed by atoms with Crippen LogP contribution in [0.4, 0.5) is 5.82 Å². The quantitative estimate of drug-likeness (QED) is 0.677. The molecule has 0 aliphatic rings. The van der Waals surface area contributed by atoms with Crippen molar-refractivity contribution in [3.05, 3.63) is 29.1 Å². The van der Waals surface area contributed by atoms with Crippen LogP contribution in [0, 0.1) is 0 Å². The summed E-state index contributed by atoms with van der Waals surface area (Å²) in [4.78, 5) is 19.5. The molecule has 7 heteroatoms. The van der Waals surface area contributed by atoms with Gasteiger partial charge in [0.25, 0.3) is 0 Å². The molecular formula is C11H10ClN3O3. The molecule has 0 saturated carbocycles. The summed E-state index contributed by atoms with van der Waals surface area (Å²) in [5.74, 6) is -0.0552. The Labute approximate surface area is 108 Å². The van der Waals surface area contributed by atoms with Gasteiger partial charge in [-0.3, -0.25) is 0 Å². The Bertz CT molecular complexity index is 546. The number of hydrogen-bond donors (Lipinski definition) is 1. The molecule has 2 aromatic heterocycles. The average Bonchev–Trinajstić information content (AvgIpc) is 2.81. The smallest absolute Gasteiger partial charge is 0.345 e. The molecule has 0 amide bonds. The van der Waals surface area contributed by atoms with Gasteiger partial charge in [0.2, 0.25) is 0 Å². The second kappa shape index (κ2) is 5.05. The number of halogens is 1. The van der Waals surface area contributed by atoms with E-state index in [2.05, 4.69) is 9.97 Å². The van der Waals surface area contributed by atoms with Gasteiger partial charge in [0.1, 0.15) is 16.5 Å². The minimum absolute atomic E-state index is 0.0335. The van der Waals surface area contributed by atoms with Gasteiger partial charge < -0.3 is 14.9 Å². The Morgan fingerprint density at radius 3 is 2.89 bits per heavy atom. The molecule has 0 radical (unpaired) electrons. The molecule has 2 N–H and O–H groups in total. The van der Waals surface area contributed by atoms with E-state index in [1.807, 2.05) is 0 Å². The number of carbonyl (C=O) groups excluding carboxylic acids is 1. The van der Waals surface area contributed by atoms with Gasteiger partial charge in [-0.1, -0.05) is 11.6 Å². The topological polar surface area (TPSA) is 91.2 Å². The number of rotatable bonds is 3. The predicted octanol–water partition coefficient (Wildman–Crippen LogP) is 2.15. The lowest BCUT2D eigenvalue weighted by atomic mass is 10.3. The first-order valence-electron chi connectivity index (χ1n) is 5.17. The first-order chi connectivity index (χ1) is 8.63. The maximum atomic E-state index is 11.6. The molecule has 2 rings (SSSR count). The van der Waals surface area contributed by atoms with E-state index in [1.165, 1.54) is 6.26 Å². The highest BCUT2D eigenvalue weighted by Gasteiger charge is 2.20. The summed E-state index contributed by atoms with van der Waals surface area (Å²) in [6.07, 6.45) is 1.47. The zero-order chi connectivity index (χ0) is 13.1. The summed E-state index contributed by atoms with van der Waals surface area (Å²) < 4.78 is 9.94. The van der Waals surface area contributed by atoms with E-state index >= 15 is 0 Å². The molecule has 0 unspecified atom stereocenters. The minimum Gasteiger partial charge on any atom is -0.462 e. The standard InChI is InChI=1S/C11H10ClN3O3/c1-2-17-11(16)7-8(12)14-10(15-9(7)13)6-4-3-5-18-6/h3-5H,2H2,1H3,(H2,13,14,15). The Morgan fingerprint density at radius 2 is 2.33 bits per heavy atom. The predicted molar refractivity (Wildman–Crippen MR) is 65.1 cm³/mol. The molecule has 94 valence electrons. The van der Waals surface area contributed by atoms with E-state index in [1.54, 1.807) is 19.1 Å². The van der Waals surface area contributed by atoms with Crippen LogP contribution in [0.25, 0.3) is 11.6 Å². The lowest BCUT2D eigenvalue weighted by molar-refractivity contribution is 0.0527. The van der Waals surface area contributed by atoms with E-state index in [-0.39, 0.29) is 29.0 Å². The highest BCUT2D eigenvalue weighted by molar-refractivity contribution is 6.33. The van der Waals surface area contributed by atoms with E-state index in [0.717, 1.165) is 0 Å². The van der Waals surface area contributed by atoms with Gasteiger partial charge >= 0.3 is 5.97 Å².